The molecule has 0 fully saturated rings. The van der Waals surface area contributed by atoms with Crippen LogP contribution in [0.1, 0.15) is 0 Å². The molecule has 0 aliphatic carbocycles. The van der Waals surface area contributed by atoms with Crippen molar-refractivity contribution in [1.82, 2.24) is 0 Å². The molecule has 3 aromatic carbocycles. The van der Waals surface area contributed by atoms with E-state index in [9.17, 15) is 19.0 Å². The molecule has 0 spiro atoms. The second-order valence-electron chi connectivity index (χ2n) is 4.85. The fourth-order valence-corrected chi connectivity index (χ4v) is 2.37. The Labute approximate surface area is 125 Å². The van der Waals surface area contributed by atoms with E-state index in [1.807, 2.05) is 0 Å². The monoisotopic (exact) mass is 298 g/mol. The van der Waals surface area contributed by atoms with Gasteiger partial charge in [0.05, 0.1) is 0 Å². The van der Waals surface area contributed by atoms with Crippen LogP contribution in [-0.4, -0.2) is 10.2 Å². The van der Waals surface area contributed by atoms with Crippen LogP contribution in [-0.2, 0) is 0 Å². The van der Waals surface area contributed by atoms with Crippen LogP contribution in [0.25, 0.3) is 22.3 Å². The number of rotatable bonds is 2. The third-order valence-electron chi connectivity index (χ3n) is 3.44. The maximum absolute atomic E-state index is 13.8. The van der Waals surface area contributed by atoms with Gasteiger partial charge in [-0.2, -0.15) is 0 Å². The summed E-state index contributed by atoms with van der Waals surface area (Å²) in [6, 6.07) is 14.3. The van der Waals surface area contributed by atoms with Crippen LogP contribution >= 0.6 is 0 Å². The van der Waals surface area contributed by atoms with Crippen molar-refractivity contribution in [2.45, 2.75) is 0 Å². The van der Waals surface area contributed by atoms with Crippen molar-refractivity contribution in [1.29, 1.82) is 0 Å². The van der Waals surface area contributed by atoms with Gasteiger partial charge in [-0.05, 0) is 24.3 Å². The van der Waals surface area contributed by atoms with Crippen LogP contribution < -0.4 is 0 Å². The smallest absolute Gasteiger partial charge is 0.131 e. The van der Waals surface area contributed by atoms with Crippen molar-refractivity contribution in [3.63, 3.8) is 0 Å². The van der Waals surface area contributed by atoms with Gasteiger partial charge in [-0.25, -0.2) is 8.78 Å². The highest BCUT2D eigenvalue weighted by Crippen LogP contribution is 2.40. The first-order chi connectivity index (χ1) is 10.6. The summed E-state index contributed by atoms with van der Waals surface area (Å²) in [5, 5.41) is 20.3. The summed E-state index contributed by atoms with van der Waals surface area (Å²) in [6.07, 6.45) is 0. The standard InChI is InChI=1S/C18H12F2O2/c19-15-7-3-1-5-11(15)13-9-18(22)14(10-17(13)21)12-6-2-4-8-16(12)20/h1-10,21-22H. The fourth-order valence-electron chi connectivity index (χ4n) is 2.37. The van der Waals surface area contributed by atoms with E-state index in [4.69, 9.17) is 0 Å². The van der Waals surface area contributed by atoms with Gasteiger partial charge in [0, 0.05) is 22.3 Å². The molecule has 22 heavy (non-hydrogen) atoms. The molecular formula is C18H12F2O2. The predicted molar refractivity (Wildman–Crippen MR) is 80.6 cm³/mol. The van der Waals surface area contributed by atoms with Crippen LogP contribution in [0.4, 0.5) is 8.78 Å². The van der Waals surface area contributed by atoms with E-state index in [0.29, 0.717) is 0 Å². The lowest BCUT2D eigenvalue weighted by Crippen LogP contribution is -1.89. The lowest BCUT2D eigenvalue weighted by atomic mass is 9.97. The van der Waals surface area contributed by atoms with Crippen LogP contribution in [0.15, 0.2) is 60.7 Å². The van der Waals surface area contributed by atoms with Gasteiger partial charge in [-0.15, -0.1) is 0 Å². The minimum absolute atomic E-state index is 0.149. The maximum Gasteiger partial charge on any atom is 0.131 e. The number of phenols is 2. The van der Waals surface area contributed by atoms with E-state index in [1.165, 1.54) is 48.5 Å². The molecule has 2 nitrogen and oxygen atoms in total. The molecular weight excluding hydrogens is 286 g/mol. The lowest BCUT2D eigenvalue weighted by Gasteiger charge is -2.11. The molecule has 3 rings (SSSR count). The van der Waals surface area contributed by atoms with E-state index < -0.39 is 11.6 Å². The zero-order chi connectivity index (χ0) is 15.7. The molecule has 3 aromatic rings. The Morgan fingerprint density at radius 1 is 0.545 bits per heavy atom. The van der Waals surface area contributed by atoms with E-state index in [2.05, 4.69) is 0 Å². The highest BCUT2D eigenvalue weighted by molar-refractivity contribution is 5.81. The van der Waals surface area contributed by atoms with E-state index in [-0.39, 0.29) is 33.8 Å². The molecule has 0 heterocycles. The SMILES string of the molecule is Oc1cc(-c2ccccc2F)c(O)cc1-c1ccccc1F. The van der Waals surface area contributed by atoms with Gasteiger partial charge >= 0.3 is 0 Å². The lowest BCUT2D eigenvalue weighted by molar-refractivity contribution is 0.463. The molecule has 110 valence electrons. The summed E-state index contributed by atoms with van der Waals surface area (Å²) >= 11 is 0. The molecule has 0 aliphatic heterocycles. The van der Waals surface area contributed by atoms with Crippen molar-refractivity contribution < 1.29 is 19.0 Å². The van der Waals surface area contributed by atoms with Gasteiger partial charge in [-0.3, -0.25) is 0 Å². The molecule has 0 saturated carbocycles. The van der Waals surface area contributed by atoms with Crippen LogP contribution in [0.5, 0.6) is 11.5 Å². The molecule has 2 N–H and O–H groups in total. The average Bonchev–Trinajstić information content (AvgIpc) is 2.51. The fraction of sp³-hybridized carbons (Fsp3) is 0. The molecule has 0 bridgehead atoms. The van der Waals surface area contributed by atoms with Gasteiger partial charge in [-0.1, -0.05) is 36.4 Å². The van der Waals surface area contributed by atoms with Gasteiger partial charge in [0.2, 0.25) is 0 Å². The minimum Gasteiger partial charge on any atom is -0.507 e. The summed E-state index contributed by atoms with van der Waals surface area (Å²) in [6.45, 7) is 0. The molecule has 0 radical (unpaired) electrons. The van der Waals surface area contributed by atoms with E-state index in [0.717, 1.165) is 0 Å². The molecule has 0 aliphatic rings. The van der Waals surface area contributed by atoms with Crippen molar-refractivity contribution in [2.24, 2.45) is 0 Å². The maximum atomic E-state index is 13.8. The highest BCUT2D eigenvalue weighted by atomic mass is 19.1. The second-order valence-corrected chi connectivity index (χ2v) is 4.85. The molecule has 0 unspecified atom stereocenters. The van der Waals surface area contributed by atoms with Crippen molar-refractivity contribution >= 4 is 0 Å². The molecule has 0 aromatic heterocycles. The number of hydrogen-bond acceptors (Lipinski definition) is 2. The van der Waals surface area contributed by atoms with Crippen LogP contribution in [0.3, 0.4) is 0 Å². The summed E-state index contributed by atoms with van der Waals surface area (Å²) in [5.74, 6) is -1.51. The van der Waals surface area contributed by atoms with Crippen LogP contribution in [0, 0.1) is 11.6 Å². The number of hydrogen-bond donors (Lipinski definition) is 2. The topological polar surface area (TPSA) is 40.5 Å². The Hall–Kier alpha value is -2.88. The minimum atomic E-state index is -0.518. The Bertz CT molecular complexity index is 773. The summed E-state index contributed by atoms with van der Waals surface area (Å²) in [5.41, 5.74) is 0.622. The number of aromatic hydroxyl groups is 2. The number of phenolic OH excluding ortho intramolecular Hbond substituents is 2. The Morgan fingerprint density at radius 2 is 0.909 bits per heavy atom. The predicted octanol–water partition coefficient (Wildman–Crippen LogP) is 4.71. The first-order valence-electron chi connectivity index (χ1n) is 6.63. The zero-order valence-corrected chi connectivity index (χ0v) is 11.4. The van der Waals surface area contributed by atoms with Gasteiger partial charge < -0.3 is 10.2 Å². The molecule has 0 amide bonds. The van der Waals surface area contributed by atoms with Crippen molar-refractivity contribution in [3.8, 4) is 33.8 Å². The summed E-state index contributed by atoms with van der Waals surface area (Å²) in [4.78, 5) is 0. The van der Waals surface area contributed by atoms with E-state index >= 15 is 0 Å². The molecule has 0 saturated heterocycles. The molecule has 0 atom stereocenters. The van der Waals surface area contributed by atoms with E-state index in [1.54, 1.807) is 12.1 Å². The average molecular weight is 298 g/mol. The quantitative estimate of drug-likeness (QED) is 0.673. The van der Waals surface area contributed by atoms with Crippen LogP contribution in [0.2, 0.25) is 0 Å². The first kappa shape index (κ1) is 14.1. The molecule has 4 heteroatoms. The van der Waals surface area contributed by atoms with Crippen molar-refractivity contribution in [2.75, 3.05) is 0 Å². The second kappa shape index (κ2) is 5.48. The number of halogens is 2. The van der Waals surface area contributed by atoms with Gasteiger partial charge in [0.25, 0.3) is 0 Å². The summed E-state index contributed by atoms with van der Waals surface area (Å²) < 4.78 is 27.6. The first-order valence-corrected chi connectivity index (χ1v) is 6.63. The third-order valence-corrected chi connectivity index (χ3v) is 3.44. The summed E-state index contributed by atoms with van der Waals surface area (Å²) in [7, 11) is 0. The Balaban J connectivity index is 2.18. The van der Waals surface area contributed by atoms with Gasteiger partial charge in [0.1, 0.15) is 23.1 Å². The number of benzene rings is 3. The Kier molecular flexibility index (Phi) is 3.51. The van der Waals surface area contributed by atoms with Crippen molar-refractivity contribution in [3.05, 3.63) is 72.3 Å². The highest BCUT2D eigenvalue weighted by Gasteiger charge is 2.16. The Morgan fingerprint density at radius 3 is 1.27 bits per heavy atom. The normalized spacial score (nSPS) is 10.6. The zero-order valence-electron chi connectivity index (χ0n) is 11.4. The third kappa shape index (κ3) is 2.39. The van der Waals surface area contributed by atoms with Gasteiger partial charge in [0.15, 0.2) is 0 Å². The largest absolute Gasteiger partial charge is 0.507 e.